The van der Waals surface area contributed by atoms with Gasteiger partial charge in [-0.05, 0) is 29.8 Å². The van der Waals surface area contributed by atoms with Crippen molar-refractivity contribution in [1.29, 1.82) is 0 Å². The molecule has 1 fully saturated rings. The Bertz CT molecular complexity index is 956. The molecule has 0 radical (unpaired) electrons. The minimum Gasteiger partial charge on any atom is -0.337 e. The molecule has 1 heterocycles. The lowest BCUT2D eigenvalue weighted by Gasteiger charge is -2.35. The van der Waals surface area contributed by atoms with E-state index in [2.05, 4.69) is 5.32 Å². The largest absolute Gasteiger partial charge is 0.337 e. The summed E-state index contributed by atoms with van der Waals surface area (Å²) in [6.07, 6.45) is 0. The molecule has 156 valence electrons. The molecule has 0 unspecified atom stereocenters. The fourth-order valence-electron chi connectivity index (χ4n) is 3.29. The maximum Gasteiger partial charge on any atom is 0.317 e. The number of carbonyl (C=O) groups excluding carboxylic acids is 1. The predicted octanol–water partition coefficient (Wildman–Crippen LogP) is 3.33. The van der Waals surface area contributed by atoms with Crippen LogP contribution in [0.4, 0.5) is 4.79 Å². The van der Waals surface area contributed by atoms with Gasteiger partial charge in [-0.15, -0.1) is 0 Å². The molecule has 0 atom stereocenters. The zero-order chi connectivity index (χ0) is 21.1. The summed E-state index contributed by atoms with van der Waals surface area (Å²) in [4.78, 5) is 14.5. The number of halogens is 1. The molecule has 1 aliphatic heterocycles. The molecular weight excluding hydrogens is 410 g/mol. The van der Waals surface area contributed by atoms with Gasteiger partial charge in [0.1, 0.15) is 0 Å². The second-order valence-corrected chi connectivity index (χ2v) is 10.1. The quantitative estimate of drug-likeness (QED) is 0.783. The van der Waals surface area contributed by atoms with E-state index in [1.807, 2.05) is 38.1 Å². The summed E-state index contributed by atoms with van der Waals surface area (Å²) in [5, 5.41) is 3.64. The lowest BCUT2D eigenvalue weighted by Crippen LogP contribution is -2.54. The van der Waals surface area contributed by atoms with E-state index in [0.29, 0.717) is 24.7 Å². The van der Waals surface area contributed by atoms with Crippen molar-refractivity contribution in [3.63, 3.8) is 0 Å². The van der Waals surface area contributed by atoms with Crippen molar-refractivity contribution >= 4 is 27.7 Å². The first-order valence-corrected chi connectivity index (χ1v) is 11.4. The third-order valence-electron chi connectivity index (χ3n) is 5.19. The van der Waals surface area contributed by atoms with Gasteiger partial charge < -0.3 is 10.2 Å². The van der Waals surface area contributed by atoms with Crippen molar-refractivity contribution in [3.8, 4) is 0 Å². The molecule has 0 aliphatic carbocycles. The van der Waals surface area contributed by atoms with Crippen LogP contribution in [0, 0.1) is 0 Å². The van der Waals surface area contributed by atoms with Gasteiger partial charge in [-0.25, -0.2) is 13.2 Å². The number of sulfonamides is 1. The minimum absolute atomic E-state index is 0.183. The molecule has 2 aromatic rings. The Kier molecular flexibility index (Phi) is 6.51. The molecular formula is C21H26ClN3O3S. The summed E-state index contributed by atoms with van der Waals surface area (Å²) in [6.45, 7) is 5.82. The third kappa shape index (κ3) is 5.10. The summed E-state index contributed by atoms with van der Waals surface area (Å²) in [5.74, 6) is 0. The molecule has 0 spiro atoms. The number of amides is 2. The molecule has 3 rings (SSSR count). The summed E-state index contributed by atoms with van der Waals surface area (Å²) < 4.78 is 26.8. The molecule has 0 aromatic heterocycles. The van der Waals surface area contributed by atoms with E-state index in [0.717, 1.165) is 5.56 Å². The first kappa shape index (κ1) is 21.6. The SMILES string of the molecule is CC(C)(CNC(=O)N1CCN(S(=O)(=O)c2ccccc2)CC1)c1cccc(Cl)c1. The molecule has 1 aliphatic rings. The van der Waals surface area contributed by atoms with Crippen LogP contribution in [0.2, 0.25) is 5.02 Å². The Morgan fingerprint density at radius 1 is 1.03 bits per heavy atom. The molecule has 8 heteroatoms. The Morgan fingerprint density at radius 3 is 2.31 bits per heavy atom. The highest BCUT2D eigenvalue weighted by Crippen LogP contribution is 2.25. The topological polar surface area (TPSA) is 69.7 Å². The smallest absolute Gasteiger partial charge is 0.317 e. The van der Waals surface area contributed by atoms with E-state index in [1.165, 1.54) is 4.31 Å². The van der Waals surface area contributed by atoms with E-state index < -0.39 is 10.0 Å². The molecule has 0 saturated carbocycles. The van der Waals surface area contributed by atoms with Gasteiger partial charge in [-0.1, -0.05) is 55.8 Å². The van der Waals surface area contributed by atoms with Crippen LogP contribution < -0.4 is 5.32 Å². The number of carbonyl (C=O) groups is 1. The average Bonchev–Trinajstić information content (AvgIpc) is 2.73. The highest BCUT2D eigenvalue weighted by atomic mass is 35.5. The van der Waals surface area contributed by atoms with Crippen LogP contribution in [0.5, 0.6) is 0 Å². The van der Waals surface area contributed by atoms with Crippen LogP contribution in [0.1, 0.15) is 19.4 Å². The van der Waals surface area contributed by atoms with E-state index in [-0.39, 0.29) is 29.4 Å². The van der Waals surface area contributed by atoms with Crippen LogP contribution in [0.25, 0.3) is 0 Å². The van der Waals surface area contributed by atoms with Gasteiger partial charge >= 0.3 is 6.03 Å². The van der Waals surface area contributed by atoms with Gasteiger partial charge in [0, 0.05) is 43.2 Å². The summed E-state index contributed by atoms with van der Waals surface area (Å²) >= 11 is 6.08. The van der Waals surface area contributed by atoms with Crippen molar-refractivity contribution in [1.82, 2.24) is 14.5 Å². The van der Waals surface area contributed by atoms with Gasteiger partial charge in [0.15, 0.2) is 0 Å². The Balaban J connectivity index is 1.55. The maximum atomic E-state index is 12.7. The molecule has 1 N–H and O–H groups in total. The number of benzene rings is 2. The normalized spacial score (nSPS) is 15.9. The van der Waals surface area contributed by atoms with E-state index in [4.69, 9.17) is 11.6 Å². The number of hydrogen-bond donors (Lipinski definition) is 1. The van der Waals surface area contributed by atoms with Gasteiger partial charge in [0.05, 0.1) is 4.90 Å². The minimum atomic E-state index is -3.52. The first-order valence-electron chi connectivity index (χ1n) is 9.54. The Labute approximate surface area is 177 Å². The maximum absolute atomic E-state index is 12.7. The third-order valence-corrected chi connectivity index (χ3v) is 7.34. The lowest BCUT2D eigenvalue weighted by atomic mass is 9.84. The molecule has 2 aromatic carbocycles. The van der Waals surface area contributed by atoms with Crippen molar-refractivity contribution in [2.75, 3.05) is 32.7 Å². The fraction of sp³-hybridized carbons (Fsp3) is 0.381. The summed E-state index contributed by atoms with van der Waals surface area (Å²) in [7, 11) is -3.52. The molecule has 29 heavy (non-hydrogen) atoms. The molecule has 6 nitrogen and oxygen atoms in total. The van der Waals surface area contributed by atoms with E-state index in [9.17, 15) is 13.2 Å². The fourth-order valence-corrected chi connectivity index (χ4v) is 4.93. The number of urea groups is 1. The molecule has 1 saturated heterocycles. The zero-order valence-electron chi connectivity index (χ0n) is 16.6. The van der Waals surface area contributed by atoms with E-state index >= 15 is 0 Å². The number of hydrogen-bond acceptors (Lipinski definition) is 3. The molecule has 2 amide bonds. The van der Waals surface area contributed by atoms with Crippen LogP contribution in [0.15, 0.2) is 59.5 Å². The first-order chi connectivity index (χ1) is 13.7. The van der Waals surface area contributed by atoms with Crippen LogP contribution in [-0.4, -0.2) is 56.4 Å². The average molecular weight is 436 g/mol. The van der Waals surface area contributed by atoms with Gasteiger partial charge in [-0.3, -0.25) is 0 Å². The number of nitrogens with one attached hydrogen (secondary N) is 1. The standard InChI is InChI=1S/C21H26ClN3O3S/c1-21(2,17-7-6-8-18(22)15-17)16-23-20(26)24-11-13-25(14-12-24)29(27,28)19-9-4-3-5-10-19/h3-10,15H,11-14,16H2,1-2H3,(H,23,26). The molecule has 0 bridgehead atoms. The summed E-state index contributed by atoms with van der Waals surface area (Å²) in [6, 6.07) is 15.8. The van der Waals surface area contributed by atoms with Crippen molar-refractivity contribution in [3.05, 3.63) is 65.2 Å². The van der Waals surface area contributed by atoms with Crippen molar-refractivity contribution < 1.29 is 13.2 Å². The lowest BCUT2D eigenvalue weighted by molar-refractivity contribution is 0.170. The zero-order valence-corrected chi connectivity index (χ0v) is 18.2. The van der Waals surface area contributed by atoms with Crippen LogP contribution in [-0.2, 0) is 15.4 Å². The van der Waals surface area contributed by atoms with Gasteiger partial charge in [0.25, 0.3) is 0 Å². The van der Waals surface area contributed by atoms with Crippen molar-refractivity contribution in [2.45, 2.75) is 24.2 Å². The van der Waals surface area contributed by atoms with Crippen LogP contribution >= 0.6 is 11.6 Å². The predicted molar refractivity (Wildman–Crippen MR) is 115 cm³/mol. The highest BCUT2D eigenvalue weighted by Gasteiger charge is 2.30. The van der Waals surface area contributed by atoms with Crippen LogP contribution in [0.3, 0.4) is 0 Å². The Hall–Kier alpha value is -2.09. The number of nitrogens with zero attached hydrogens (tertiary/aromatic N) is 2. The van der Waals surface area contributed by atoms with Gasteiger partial charge in [-0.2, -0.15) is 4.31 Å². The monoisotopic (exact) mass is 435 g/mol. The van der Waals surface area contributed by atoms with Crippen molar-refractivity contribution in [2.24, 2.45) is 0 Å². The van der Waals surface area contributed by atoms with E-state index in [1.54, 1.807) is 35.2 Å². The Morgan fingerprint density at radius 2 is 1.69 bits per heavy atom. The number of rotatable bonds is 5. The second-order valence-electron chi connectivity index (χ2n) is 7.76. The number of piperazine rings is 1. The highest BCUT2D eigenvalue weighted by molar-refractivity contribution is 7.89. The second kappa shape index (κ2) is 8.73. The van der Waals surface area contributed by atoms with Gasteiger partial charge in [0.2, 0.25) is 10.0 Å². The summed E-state index contributed by atoms with van der Waals surface area (Å²) in [5.41, 5.74) is 0.767.